The first-order valence-corrected chi connectivity index (χ1v) is 7.87. The fourth-order valence-corrected chi connectivity index (χ4v) is 6.42. The second-order valence-corrected chi connectivity index (χ2v) is 7.53. The van der Waals surface area contributed by atoms with E-state index < -0.39 is 0 Å². The molecule has 2 fully saturated rings. The summed E-state index contributed by atoms with van der Waals surface area (Å²) in [6.07, 6.45) is 4.22. The van der Waals surface area contributed by atoms with Crippen molar-refractivity contribution in [2.75, 3.05) is 0 Å². The Balaban J connectivity index is 2.38. The first-order valence-electron chi connectivity index (χ1n) is 7.87. The summed E-state index contributed by atoms with van der Waals surface area (Å²) in [4.78, 5) is 0. The van der Waals surface area contributed by atoms with Crippen LogP contribution in [0.4, 0.5) is 0 Å². The predicted molar refractivity (Wildman–Crippen MR) is 75.9 cm³/mol. The largest absolute Gasteiger partial charge is 0.0654 e. The van der Waals surface area contributed by atoms with Crippen LogP contribution >= 0.6 is 0 Å². The van der Waals surface area contributed by atoms with Gasteiger partial charge in [-0.3, -0.25) is 0 Å². The number of fused-ring (bicyclic) bond motifs is 1. The molecule has 0 bridgehead atoms. The third-order valence-corrected chi connectivity index (χ3v) is 6.92. The molecule has 2 rings (SSSR count). The lowest BCUT2D eigenvalue weighted by molar-refractivity contribution is 0.0781. The summed E-state index contributed by atoms with van der Waals surface area (Å²) in [7, 11) is 0. The van der Waals surface area contributed by atoms with Crippen LogP contribution in [0.5, 0.6) is 0 Å². The first kappa shape index (κ1) is 13.4. The van der Waals surface area contributed by atoms with E-state index in [0.29, 0.717) is 10.8 Å². The highest BCUT2D eigenvalue weighted by Gasteiger charge is 2.76. The first-order chi connectivity index (χ1) is 7.87. The van der Waals surface area contributed by atoms with Crippen LogP contribution in [0.1, 0.15) is 67.7 Å². The molecule has 6 atom stereocenters. The molecule has 17 heavy (non-hydrogen) atoms. The van der Waals surface area contributed by atoms with Crippen molar-refractivity contribution in [1.82, 2.24) is 0 Å². The van der Waals surface area contributed by atoms with Crippen molar-refractivity contribution in [2.24, 2.45) is 40.4 Å². The molecule has 2 aliphatic rings. The molecule has 0 amide bonds. The van der Waals surface area contributed by atoms with Crippen LogP contribution in [0.3, 0.4) is 0 Å². The van der Waals surface area contributed by atoms with Gasteiger partial charge in [-0.2, -0.15) is 0 Å². The molecule has 2 saturated carbocycles. The summed E-state index contributed by atoms with van der Waals surface area (Å²) < 4.78 is 0. The molecule has 0 nitrogen and oxygen atoms in total. The van der Waals surface area contributed by atoms with Gasteiger partial charge in [-0.05, 0) is 53.3 Å². The van der Waals surface area contributed by atoms with E-state index in [1.54, 1.807) is 0 Å². The average Bonchev–Trinajstić information content (AvgIpc) is 2.69. The van der Waals surface area contributed by atoms with Crippen LogP contribution in [-0.2, 0) is 0 Å². The van der Waals surface area contributed by atoms with Crippen LogP contribution in [0, 0.1) is 40.4 Å². The molecule has 0 aliphatic heterocycles. The normalized spacial score (nSPS) is 52.9. The maximum Gasteiger partial charge on any atom is -0.0227 e. The van der Waals surface area contributed by atoms with Crippen LogP contribution < -0.4 is 0 Å². The van der Waals surface area contributed by atoms with E-state index in [-0.39, 0.29) is 0 Å². The van der Waals surface area contributed by atoms with Crippen LogP contribution in [0.15, 0.2) is 0 Å². The summed E-state index contributed by atoms with van der Waals surface area (Å²) in [5, 5.41) is 0. The Labute approximate surface area is 109 Å². The van der Waals surface area contributed by atoms with Crippen molar-refractivity contribution in [2.45, 2.75) is 67.7 Å². The fraction of sp³-hybridized carbons (Fsp3) is 1.00. The minimum atomic E-state index is 0.665. The summed E-state index contributed by atoms with van der Waals surface area (Å²) in [5.74, 6) is 4.72. The Bertz CT molecular complexity index is 292. The van der Waals surface area contributed by atoms with Gasteiger partial charge >= 0.3 is 0 Å². The van der Waals surface area contributed by atoms with Crippen molar-refractivity contribution in [3.63, 3.8) is 0 Å². The Morgan fingerprint density at radius 2 is 1.65 bits per heavy atom. The standard InChI is InChI=1S/C17H32/c1-8-10-17(9-2)12(5)14(11(3)4)16(7)13(6)15(16)17/h11-15H,8-10H2,1-7H3. The van der Waals surface area contributed by atoms with Crippen molar-refractivity contribution in [3.8, 4) is 0 Å². The fourth-order valence-electron chi connectivity index (χ4n) is 6.42. The Morgan fingerprint density at radius 1 is 1.06 bits per heavy atom. The van der Waals surface area contributed by atoms with Gasteiger partial charge in [0.1, 0.15) is 0 Å². The van der Waals surface area contributed by atoms with Gasteiger partial charge in [0.2, 0.25) is 0 Å². The quantitative estimate of drug-likeness (QED) is 0.615. The minimum Gasteiger partial charge on any atom is -0.0654 e. The highest BCUT2D eigenvalue weighted by Crippen LogP contribution is 2.81. The lowest BCUT2D eigenvalue weighted by Crippen LogP contribution is -2.34. The molecule has 2 aliphatic carbocycles. The predicted octanol–water partition coefficient (Wildman–Crippen LogP) is 5.38. The zero-order valence-corrected chi connectivity index (χ0v) is 13.0. The molecule has 6 unspecified atom stereocenters. The monoisotopic (exact) mass is 236 g/mol. The van der Waals surface area contributed by atoms with Gasteiger partial charge < -0.3 is 0 Å². The third-order valence-electron chi connectivity index (χ3n) is 6.92. The third kappa shape index (κ3) is 1.42. The minimum absolute atomic E-state index is 0.665. The van der Waals surface area contributed by atoms with Crippen LogP contribution in [0.2, 0.25) is 0 Å². The van der Waals surface area contributed by atoms with Gasteiger partial charge in [0.15, 0.2) is 0 Å². The van der Waals surface area contributed by atoms with Gasteiger partial charge in [-0.15, -0.1) is 0 Å². The highest BCUT2D eigenvalue weighted by molar-refractivity contribution is 5.23. The lowest BCUT2D eigenvalue weighted by atomic mass is 9.64. The summed E-state index contributed by atoms with van der Waals surface area (Å²) in [6, 6.07) is 0. The lowest BCUT2D eigenvalue weighted by Gasteiger charge is -2.41. The molecule has 100 valence electrons. The second kappa shape index (κ2) is 4.00. The van der Waals surface area contributed by atoms with E-state index in [2.05, 4.69) is 48.5 Å². The molecular formula is C17H32. The molecule has 0 saturated heterocycles. The molecule has 0 aromatic rings. The van der Waals surface area contributed by atoms with Gasteiger partial charge in [-0.1, -0.05) is 54.9 Å². The number of hydrogen-bond donors (Lipinski definition) is 0. The van der Waals surface area contributed by atoms with Crippen molar-refractivity contribution in [3.05, 3.63) is 0 Å². The number of hydrogen-bond acceptors (Lipinski definition) is 0. The van der Waals surface area contributed by atoms with Crippen molar-refractivity contribution in [1.29, 1.82) is 0 Å². The topological polar surface area (TPSA) is 0 Å². The van der Waals surface area contributed by atoms with E-state index in [0.717, 1.165) is 29.6 Å². The number of rotatable bonds is 4. The Kier molecular flexibility index (Phi) is 3.16. The smallest absolute Gasteiger partial charge is 0.0227 e. The Hall–Kier alpha value is 0. The summed E-state index contributed by atoms with van der Waals surface area (Å²) in [5.41, 5.74) is 1.33. The van der Waals surface area contributed by atoms with Gasteiger partial charge in [0, 0.05) is 0 Å². The van der Waals surface area contributed by atoms with E-state index in [1.807, 2.05) is 0 Å². The molecule has 0 radical (unpaired) electrons. The van der Waals surface area contributed by atoms with E-state index in [4.69, 9.17) is 0 Å². The molecule has 0 aromatic heterocycles. The van der Waals surface area contributed by atoms with Crippen LogP contribution in [0.25, 0.3) is 0 Å². The van der Waals surface area contributed by atoms with Gasteiger partial charge in [0.05, 0.1) is 0 Å². The molecule has 0 heteroatoms. The van der Waals surface area contributed by atoms with E-state index in [1.165, 1.54) is 19.3 Å². The molecule has 0 N–H and O–H groups in total. The molecular weight excluding hydrogens is 204 g/mol. The van der Waals surface area contributed by atoms with Crippen LogP contribution in [-0.4, -0.2) is 0 Å². The van der Waals surface area contributed by atoms with Gasteiger partial charge in [-0.25, -0.2) is 0 Å². The SMILES string of the molecule is CCCC1(CC)C(C)C(C(C)C)C2(C)C(C)C12. The van der Waals surface area contributed by atoms with E-state index >= 15 is 0 Å². The maximum absolute atomic E-state index is 2.59. The summed E-state index contributed by atoms with van der Waals surface area (Å²) >= 11 is 0. The Morgan fingerprint density at radius 3 is 2.00 bits per heavy atom. The molecule has 0 aromatic carbocycles. The zero-order chi connectivity index (χ0) is 13.0. The van der Waals surface area contributed by atoms with Crippen molar-refractivity contribution >= 4 is 0 Å². The zero-order valence-electron chi connectivity index (χ0n) is 13.0. The average molecular weight is 236 g/mol. The molecule has 0 spiro atoms. The van der Waals surface area contributed by atoms with Crippen molar-refractivity contribution < 1.29 is 0 Å². The maximum atomic E-state index is 2.59. The van der Waals surface area contributed by atoms with E-state index in [9.17, 15) is 0 Å². The molecule has 0 heterocycles. The second-order valence-electron chi connectivity index (χ2n) is 7.53. The summed E-state index contributed by atoms with van der Waals surface area (Å²) in [6.45, 7) is 17.4. The highest BCUT2D eigenvalue weighted by atomic mass is 14.8. The van der Waals surface area contributed by atoms with Gasteiger partial charge in [0.25, 0.3) is 0 Å².